The number of amides is 1. The zero-order valence-electron chi connectivity index (χ0n) is 7.12. The number of carbonyl (C=O) groups excluding carboxylic acids is 1. The molecule has 1 amide bonds. The quantitative estimate of drug-likeness (QED) is 0.760. The summed E-state index contributed by atoms with van der Waals surface area (Å²) in [6.45, 7) is 1.87. The molecule has 0 spiro atoms. The molecular weight excluding hydrogens is 170 g/mol. The summed E-state index contributed by atoms with van der Waals surface area (Å²) in [5.74, 6) is -0.210. The summed E-state index contributed by atoms with van der Waals surface area (Å²) in [6.07, 6.45) is 1.82. The molecule has 0 saturated heterocycles. The van der Waals surface area contributed by atoms with Crippen molar-refractivity contribution in [3.8, 4) is 0 Å². The number of thiophene rings is 1. The zero-order chi connectivity index (χ0) is 8.97. The predicted octanol–water partition coefficient (Wildman–Crippen LogP) is 1.80. The number of hydrogen-bond donors (Lipinski definition) is 1. The Hall–Kier alpha value is -0.830. The molecule has 12 heavy (non-hydrogen) atoms. The molecule has 0 radical (unpaired) electrons. The van der Waals surface area contributed by atoms with E-state index in [2.05, 4.69) is 6.07 Å². The highest BCUT2D eigenvalue weighted by molar-refractivity contribution is 7.09. The van der Waals surface area contributed by atoms with E-state index in [9.17, 15) is 4.79 Å². The molecule has 0 aliphatic rings. The predicted molar refractivity (Wildman–Crippen MR) is 51.0 cm³/mol. The van der Waals surface area contributed by atoms with Gasteiger partial charge >= 0.3 is 0 Å². The standard InChI is InChI=1S/C9H13NOS/c1-7(9(10)11)4-5-8-3-2-6-12-8/h2-3,6-7H,4-5H2,1H3,(H2,10,11). The normalized spacial score (nSPS) is 12.8. The van der Waals surface area contributed by atoms with Gasteiger partial charge in [-0.15, -0.1) is 11.3 Å². The summed E-state index contributed by atoms with van der Waals surface area (Å²) in [4.78, 5) is 12.0. The van der Waals surface area contributed by atoms with Crippen LogP contribution in [0.5, 0.6) is 0 Å². The van der Waals surface area contributed by atoms with Gasteiger partial charge in [-0.3, -0.25) is 4.79 Å². The van der Waals surface area contributed by atoms with Gasteiger partial charge in [0.2, 0.25) is 5.91 Å². The van der Waals surface area contributed by atoms with Crippen LogP contribution in [0.1, 0.15) is 18.2 Å². The van der Waals surface area contributed by atoms with Crippen LogP contribution in [-0.4, -0.2) is 5.91 Å². The molecule has 0 aromatic carbocycles. The minimum Gasteiger partial charge on any atom is -0.369 e. The Balaban J connectivity index is 2.31. The highest BCUT2D eigenvalue weighted by atomic mass is 32.1. The maximum Gasteiger partial charge on any atom is 0.220 e. The maximum atomic E-state index is 10.7. The van der Waals surface area contributed by atoms with Crippen molar-refractivity contribution < 1.29 is 4.79 Å². The number of nitrogens with two attached hydrogens (primary N) is 1. The topological polar surface area (TPSA) is 43.1 Å². The van der Waals surface area contributed by atoms with Crippen LogP contribution in [0.15, 0.2) is 17.5 Å². The number of carbonyl (C=O) groups is 1. The van der Waals surface area contributed by atoms with Crippen LogP contribution in [0.3, 0.4) is 0 Å². The van der Waals surface area contributed by atoms with Gasteiger partial charge in [-0.2, -0.15) is 0 Å². The number of aryl methyl sites for hydroxylation is 1. The fourth-order valence-electron chi connectivity index (χ4n) is 0.956. The van der Waals surface area contributed by atoms with Gasteiger partial charge in [0, 0.05) is 10.8 Å². The molecule has 0 fully saturated rings. The van der Waals surface area contributed by atoms with Gasteiger partial charge < -0.3 is 5.73 Å². The lowest BCUT2D eigenvalue weighted by atomic mass is 10.0. The summed E-state index contributed by atoms with van der Waals surface area (Å²) in [7, 11) is 0. The molecule has 0 saturated carbocycles. The van der Waals surface area contributed by atoms with Gasteiger partial charge in [-0.1, -0.05) is 13.0 Å². The van der Waals surface area contributed by atoms with E-state index in [1.807, 2.05) is 18.4 Å². The summed E-state index contributed by atoms with van der Waals surface area (Å²) < 4.78 is 0. The number of rotatable bonds is 4. The molecule has 1 aromatic heterocycles. The van der Waals surface area contributed by atoms with Crippen LogP contribution in [0.25, 0.3) is 0 Å². The van der Waals surface area contributed by atoms with Crippen LogP contribution in [0, 0.1) is 5.92 Å². The highest BCUT2D eigenvalue weighted by Gasteiger charge is 2.08. The van der Waals surface area contributed by atoms with Crippen LogP contribution in [0.4, 0.5) is 0 Å². The van der Waals surface area contributed by atoms with E-state index >= 15 is 0 Å². The fourth-order valence-corrected chi connectivity index (χ4v) is 1.68. The smallest absolute Gasteiger partial charge is 0.220 e. The Kier molecular flexibility index (Phi) is 3.29. The first-order chi connectivity index (χ1) is 5.70. The molecule has 0 aliphatic heterocycles. The lowest BCUT2D eigenvalue weighted by molar-refractivity contribution is -0.121. The van der Waals surface area contributed by atoms with E-state index < -0.39 is 0 Å². The third-order valence-electron chi connectivity index (χ3n) is 1.89. The number of hydrogen-bond acceptors (Lipinski definition) is 2. The van der Waals surface area contributed by atoms with Gasteiger partial charge in [0.05, 0.1) is 0 Å². The van der Waals surface area contributed by atoms with Crippen LogP contribution < -0.4 is 5.73 Å². The molecule has 2 N–H and O–H groups in total. The molecule has 1 unspecified atom stereocenters. The Bertz CT molecular complexity index is 243. The van der Waals surface area contributed by atoms with Crippen molar-refractivity contribution in [2.45, 2.75) is 19.8 Å². The van der Waals surface area contributed by atoms with Crippen LogP contribution in [-0.2, 0) is 11.2 Å². The lowest BCUT2D eigenvalue weighted by Gasteiger charge is -2.04. The molecule has 1 atom stereocenters. The SMILES string of the molecule is CC(CCc1cccs1)C(N)=O. The van der Waals surface area contributed by atoms with E-state index in [0.29, 0.717) is 0 Å². The first-order valence-corrected chi connectivity index (χ1v) is 4.90. The molecule has 2 nitrogen and oxygen atoms in total. The number of primary amides is 1. The van der Waals surface area contributed by atoms with E-state index in [0.717, 1.165) is 12.8 Å². The molecule has 1 rings (SSSR count). The van der Waals surface area contributed by atoms with Crippen molar-refractivity contribution >= 4 is 17.2 Å². The summed E-state index contributed by atoms with van der Waals surface area (Å²) in [5.41, 5.74) is 5.14. The van der Waals surface area contributed by atoms with Crippen LogP contribution in [0.2, 0.25) is 0 Å². The largest absolute Gasteiger partial charge is 0.369 e. The van der Waals surface area contributed by atoms with E-state index in [1.165, 1.54) is 4.88 Å². The zero-order valence-corrected chi connectivity index (χ0v) is 7.93. The minimum atomic E-state index is -0.202. The second-order valence-corrected chi connectivity index (χ2v) is 3.95. The molecule has 1 aromatic rings. The third-order valence-corrected chi connectivity index (χ3v) is 2.83. The monoisotopic (exact) mass is 183 g/mol. The molecule has 0 aliphatic carbocycles. The lowest BCUT2D eigenvalue weighted by Crippen LogP contribution is -2.20. The van der Waals surface area contributed by atoms with E-state index in [4.69, 9.17) is 5.73 Å². The van der Waals surface area contributed by atoms with Crippen molar-refractivity contribution in [2.24, 2.45) is 11.7 Å². The first-order valence-electron chi connectivity index (χ1n) is 4.02. The third kappa shape index (κ3) is 2.66. The molecule has 0 bridgehead atoms. The maximum absolute atomic E-state index is 10.7. The van der Waals surface area contributed by atoms with Gasteiger partial charge in [0.15, 0.2) is 0 Å². The summed E-state index contributed by atoms with van der Waals surface area (Å²) in [5, 5.41) is 2.05. The Morgan fingerprint density at radius 2 is 2.50 bits per heavy atom. The van der Waals surface area contributed by atoms with Crippen LogP contribution >= 0.6 is 11.3 Å². The van der Waals surface area contributed by atoms with Crippen molar-refractivity contribution in [3.05, 3.63) is 22.4 Å². The molecular formula is C9H13NOS. The Morgan fingerprint density at radius 3 is 3.00 bits per heavy atom. The van der Waals surface area contributed by atoms with Crippen molar-refractivity contribution in [1.29, 1.82) is 0 Å². The van der Waals surface area contributed by atoms with Crippen molar-refractivity contribution in [3.63, 3.8) is 0 Å². The summed E-state index contributed by atoms with van der Waals surface area (Å²) >= 11 is 1.72. The Labute approximate surface area is 76.4 Å². The van der Waals surface area contributed by atoms with Gasteiger partial charge in [0.1, 0.15) is 0 Å². The average molecular weight is 183 g/mol. The van der Waals surface area contributed by atoms with E-state index in [1.54, 1.807) is 11.3 Å². The minimum absolute atomic E-state index is 0.00731. The average Bonchev–Trinajstić information content (AvgIpc) is 2.51. The van der Waals surface area contributed by atoms with Gasteiger partial charge in [-0.25, -0.2) is 0 Å². The fraction of sp³-hybridized carbons (Fsp3) is 0.444. The molecule has 1 heterocycles. The molecule has 66 valence electrons. The highest BCUT2D eigenvalue weighted by Crippen LogP contribution is 2.13. The van der Waals surface area contributed by atoms with Crippen molar-refractivity contribution in [2.75, 3.05) is 0 Å². The van der Waals surface area contributed by atoms with E-state index in [-0.39, 0.29) is 11.8 Å². The first kappa shape index (κ1) is 9.26. The van der Waals surface area contributed by atoms with Gasteiger partial charge in [0.25, 0.3) is 0 Å². The summed E-state index contributed by atoms with van der Waals surface area (Å²) in [6, 6.07) is 4.10. The van der Waals surface area contributed by atoms with Crippen molar-refractivity contribution in [1.82, 2.24) is 0 Å². The Morgan fingerprint density at radius 1 is 1.75 bits per heavy atom. The van der Waals surface area contributed by atoms with Gasteiger partial charge in [-0.05, 0) is 24.3 Å². The second kappa shape index (κ2) is 4.26. The molecule has 3 heteroatoms. The second-order valence-electron chi connectivity index (χ2n) is 2.92.